The maximum Gasteiger partial charge on any atom is 0.419 e. The number of halogens is 3. The Morgan fingerprint density at radius 1 is 1.14 bits per heavy atom. The van der Waals surface area contributed by atoms with E-state index in [4.69, 9.17) is 4.74 Å². The molecule has 1 amide bonds. The van der Waals surface area contributed by atoms with E-state index in [0.29, 0.717) is 23.2 Å². The van der Waals surface area contributed by atoms with E-state index in [1.165, 1.54) is 19.4 Å². The second-order valence-electron chi connectivity index (χ2n) is 12.7. The van der Waals surface area contributed by atoms with E-state index in [-0.39, 0.29) is 30.4 Å². The summed E-state index contributed by atoms with van der Waals surface area (Å²) in [6, 6.07) is 11.7. The molecule has 2 N–H and O–H groups in total. The SMILES string of the molecule is COc1cc(N2CCN(CC3CC3)[C@H](C)C2)ccc1Nc1ncc(C(F)(F)F)c(CCc2cccc3c2C(C)(C)C(=O)N3)n1. The summed E-state index contributed by atoms with van der Waals surface area (Å²) in [4.78, 5) is 25.8. The molecule has 1 atom stereocenters. The summed E-state index contributed by atoms with van der Waals surface area (Å²) in [5.74, 6) is 1.34. The first-order chi connectivity index (χ1) is 20.9. The number of nitrogens with one attached hydrogen (secondary N) is 2. The maximum atomic E-state index is 14.0. The zero-order valence-corrected chi connectivity index (χ0v) is 25.6. The van der Waals surface area contributed by atoms with Gasteiger partial charge in [0.05, 0.1) is 29.5 Å². The van der Waals surface area contributed by atoms with Crippen molar-refractivity contribution in [2.75, 3.05) is 48.8 Å². The van der Waals surface area contributed by atoms with E-state index in [1.807, 2.05) is 44.2 Å². The van der Waals surface area contributed by atoms with E-state index in [0.717, 1.165) is 48.6 Å². The molecule has 234 valence electrons. The number of methoxy groups -OCH3 is 1. The zero-order chi connectivity index (χ0) is 31.2. The van der Waals surface area contributed by atoms with Crippen molar-refractivity contribution in [1.29, 1.82) is 0 Å². The average molecular weight is 609 g/mol. The van der Waals surface area contributed by atoms with Crippen molar-refractivity contribution >= 4 is 28.9 Å². The summed E-state index contributed by atoms with van der Waals surface area (Å²) in [6.07, 6.45) is -0.786. The minimum absolute atomic E-state index is 0.0216. The van der Waals surface area contributed by atoms with Gasteiger partial charge >= 0.3 is 6.18 Å². The van der Waals surface area contributed by atoms with Gasteiger partial charge in [-0.1, -0.05) is 12.1 Å². The number of alkyl halides is 3. The van der Waals surface area contributed by atoms with Crippen LogP contribution >= 0.6 is 0 Å². The van der Waals surface area contributed by atoms with Crippen molar-refractivity contribution in [1.82, 2.24) is 14.9 Å². The molecule has 1 saturated heterocycles. The molecule has 2 aromatic carbocycles. The highest BCUT2D eigenvalue weighted by Crippen LogP contribution is 2.41. The Kier molecular flexibility index (Phi) is 7.94. The lowest BCUT2D eigenvalue weighted by molar-refractivity contribution is -0.138. The first-order valence-corrected chi connectivity index (χ1v) is 15.2. The van der Waals surface area contributed by atoms with Crippen LogP contribution in [-0.2, 0) is 29.2 Å². The second kappa shape index (κ2) is 11.6. The monoisotopic (exact) mass is 608 g/mol. The molecular weight excluding hydrogens is 569 g/mol. The van der Waals surface area contributed by atoms with Gasteiger partial charge in [-0.25, -0.2) is 9.97 Å². The number of fused-ring (bicyclic) bond motifs is 1. The largest absolute Gasteiger partial charge is 0.494 e. The number of hydrogen-bond acceptors (Lipinski definition) is 7. The van der Waals surface area contributed by atoms with Gasteiger partial charge in [-0.15, -0.1) is 0 Å². The van der Waals surface area contributed by atoms with Gasteiger partial charge < -0.3 is 20.3 Å². The van der Waals surface area contributed by atoms with Crippen LogP contribution < -0.4 is 20.3 Å². The highest BCUT2D eigenvalue weighted by molar-refractivity contribution is 6.06. The Balaban J connectivity index is 1.20. The Labute approximate surface area is 256 Å². The second-order valence-corrected chi connectivity index (χ2v) is 12.7. The molecule has 3 aromatic rings. The van der Waals surface area contributed by atoms with Crippen LogP contribution in [0.2, 0.25) is 0 Å². The van der Waals surface area contributed by atoms with Crippen LogP contribution in [0.5, 0.6) is 5.75 Å². The van der Waals surface area contributed by atoms with Crippen molar-refractivity contribution in [2.45, 2.75) is 64.1 Å². The van der Waals surface area contributed by atoms with Crippen LogP contribution in [0.15, 0.2) is 42.6 Å². The third-order valence-electron chi connectivity index (χ3n) is 9.15. The van der Waals surface area contributed by atoms with Crippen LogP contribution in [0, 0.1) is 5.92 Å². The molecule has 0 radical (unpaired) electrons. The highest BCUT2D eigenvalue weighted by Gasteiger charge is 2.40. The minimum Gasteiger partial charge on any atom is -0.494 e. The number of amides is 1. The average Bonchev–Trinajstić information content (AvgIpc) is 3.77. The Hall–Kier alpha value is -3.86. The summed E-state index contributed by atoms with van der Waals surface area (Å²) < 4.78 is 47.7. The van der Waals surface area contributed by atoms with E-state index in [9.17, 15) is 18.0 Å². The molecule has 2 fully saturated rings. The van der Waals surface area contributed by atoms with Crippen molar-refractivity contribution in [3.63, 3.8) is 0 Å². The fourth-order valence-corrected chi connectivity index (χ4v) is 6.43. The van der Waals surface area contributed by atoms with Gasteiger partial charge in [-0.05, 0) is 81.7 Å². The van der Waals surface area contributed by atoms with Gasteiger partial charge in [0.1, 0.15) is 5.75 Å². The fraction of sp³-hybridized carbons (Fsp3) is 0.485. The van der Waals surface area contributed by atoms with Crippen LogP contribution in [0.4, 0.5) is 36.2 Å². The van der Waals surface area contributed by atoms with Gasteiger partial charge in [-0.2, -0.15) is 13.2 Å². The molecule has 3 heterocycles. The van der Waals surface area contributed by atoms with Crippen molar-refractivity contribution in [3.8, 4) is 5.75 Å². The first kappa shape index (κ1) is 30.2. The summed E-state index contributed by atoms with van der Waals surface area (Å²) in [7, 11) is 1.57. The molecule has 0 unspecified atom stereocenters. The number of hydrogen-bond donors (Lipinski definition) is 2. The number of anilines is 4. The number of ether oxygens (including phenoxy) is 1. The third-order valence-corrected chi connectivity index (χ3v) is 9.15. The lowest BCUT2D eigenvalue weighted by atomic mass is 9.82. The number of nitrogens with zero attached hydrogens (tertiary/aromatic N) is 4. The predicted molar refractivity (Wildman–Crippen MR) is 165 cm³/mol. The minimum atomic E-state index is -4.61. The Bertz CT molecular complexity index is 1550. The summed E-state index contributed by atoms with van der Waals surface area (Å²) in [5.41, 5.74) is 2.16. The molecule has 1 saturated carbocycles. The number of benzene rings is 2. The van der Waals surface area contributed by atoms with Crippen molar-refractivity contribution in [2.24, 2.45) is 5.92 Å². The smallest absolute Gasteiger partial charge is 0.419 e. The topological polar surface area (TPSA) is 82.6 Å². The molecule has 6 rings (SSSR count). The van der Waals surface area contributed by atoms with E-state index < -0.39 is 17.2 Å². The molecule has 0 spiro atoms. The van der Waals surface area contributed by atoms with Crippen molar-refractivity contribution in [3.05, 3.63) is 65.0 Å². The quantitative estimate of drug-likeness (QED) is 0.300. The molecular formula is C33H39F3N6O2. The van der Waals surface area contributed by atoms with Crippen LogP contribution in [0.25, 0.3) is 0 Å². The molecule has 3 aliphatic rings. The number of carbonyl (C=O) groups excluding carboxylic acids is 1. The number of aryl methyl sites for hydroxylation is 2. The number of rotatable bonds is 9. The lowest BCUT2D eigenvalue weighted by Crippen LogP contribution is -2.52. The number of carbonyl (C=O) groups is 1. The third kappa shape index (κ3) is 6.06. The number of piperazine rings is 1. The van der Waals surface area contributed by atoms with Gasteiger partial charge in [0.25, 0.3) is 0 Å². The summed E-state index contributed by atoms with van der Waals surface area (Å²) >= 11 is 0. The Morgan fingerprint density at radius 2 is 1.93 bits per heavy atom. The van der Waals surface area contributed by atoms with E-state index >= 15 is 0 Å². The zero-order valence-electron chi connectivity index (χ0n) is 25.6. The number of aromatic nitrogens is 2. The maximum absolute atomic E-state index is 14.0. The van der Waals surface area contributed by atoms with Gasteiger partial charge in [0, 0.05) is 55.9 Å². The van der Waals surface area contributed by atoms with Gasteiger partial charge in [0.15, 0.2) is 0 Å². The molecule has 44 heavy (non-hydrogen) atoms. The standard InChI is InChI=1S/C33H39F3N6O2/c1-20-18-42(15-14-41(20)19-21-8-9-21)23-11-13-26(28(16-23)44-4)40-31-37-17-24(33(34,35)36)25(39-31)12-10-22-6-5-7-27-29(22)32(2,3)30(43)38-27/h5-7,11,13,16-17,20-21H,8-10,12,14-15,18-19H2,1-4H3,(H,38,43)(H,37,39,40)/t20-/m1/s1. The summed E-state index contributed by atoms with van der Waals surface area (Å²) in [6.45, 7) is 9.94. The first-order valence-electron chi connectivity index (χ1n) is 15.2. The van der Waals surface area contributed by atoms with Gasteiger partial charge in [-0.3, -0.25) is 9.69 Å². The molecule has 1 aliphatic carbocycles. The molecule has 1 aromatic heterocycles. The van der Waals surface area contributed by atoms with Gasteiger partial charge in [0.2, 0.25) is 11.9 Å². The highest BCUT2D eigenvalue weighted by atomic mass is 19.4. The fourth-order valence-electron chi connectivity index (χ4n) is 6.43. The molecule has 2 aliphatic heterocycles. The molecule has 11 heteroatoms. The van der Waals surface area contributed by atoms with Crippen molar-refractivity contribution < 1.29 is 22.7 Å². The van der Waals surface area contributed by atoms with Crippen LogP contribution in [0.3, 0.4) is 0 Å². The summed E-state index contributed by atoms with van der Waals surface area (Å²) in [5, 5.41) is 5.95. The van der Waals surface area contributed by atoms with E-state index in [1.54, 1.807) is 13.2 Å². The normalized spacial score (nSPS) is 19.9. The Morgan fingerprint density at radius 3 is 2.64 bits per heavy atom. The molecule has 0 bridgehead atoms. The lowest BCUT2D eigenvalue weighted by Gasteiger charge is -2.41. The van der Waals surface area contributed by atoms with Crippen LogP contribution in [-0.4, -0.2) is 60.1 Å². The predicted octanol–water partition coefficient (Wildman–Crippen LogP) is 6.18. The van der Waals surface area contributed by atoms with E-state index in [2.05, 4.69) is 37.3 Å². The van der Waals surface area contributed by atoms with Crippen LogP contribution in [0.1, 0.15) is 56.0 Å². The molecule has 8 nitrogen and oxygen atoms in total.